The smallest absolute Gasteiger partial charge is 0.247 e. The maximum absolute atomic E-state index is 13.7. The predicted octanol–water partition coefficient (Wildman–Crippen LogP) is 1.83. The van der Waals surface area contributed by atoms with E-state index < -0.39 is 50.5 Å². The summed E-state index contributed by atoms with van der Waals surface area (Å²) in [5.74, 6) is 4.89. The Labute approximate surface area is 224 Å². The molecule has 0 unspecified atom stereocenters. The fraction of sp³-hybridized carbons (Fsp3) is 0.462. The van der Waals surface area contributed by atoms with Gasteiger partial charge in [0.15, 0.2) is 0 Å². The maximum Gasteiger partial charge on any atom is 0.247 e. The summed E-state index contributed by atoms with van der Waals surface area (Å²) in [6.45, 7) is 3.33. The van der Waals surface area contributed by atoms with Gasteiger partial charge in [0.25, 0.3) is 0 Å². The van der Waals surface area contributed by atoms with Gasteiger partial charge in [0.05, 0.1) is 24.6 Å². The van der Waals surface area contributed by atoms with Gasteiger partial charge in [-0.3, -0.25) is 4.90 Å². The van der Waals surface area contributed by atoms with Crippen molar-refractivity contribution in [3.8, 4) is 17.6 Å². The van der Waals surface area contributed by atoms with E-state index in [9.17, 15) is 26.3 Å². The average Bonchev–Trinajstić information content (AvgIpc) is 2.85. The van der Waals surface area contributed by atoms with Gasteiger partial charge in [-0.05, 0) is 57.4 Å². The van der Waals surface area contributed by atoms with Crippen LogP contribution in [0.3, 0.4) is 0 Å². The first-order valence-electron chi connectivity index (χ1n) is 12.1. The standard InChI is InChI=1S/C26H34FN3O6S2/c1-19-16-30(20(2)18-31)38(34,35)26-12-11-21(8-7-13-28(3)4)14-24(26)36-25(19)17-29(5)37(32,33)23-10-6-9-22(27)15-23/h6,9-12,14-15,19-20,25,31H,13,16-18H2,1-5H3/t19-,20-,25+/m0/s1. The third kappa shape index (κ3) is 6.72. The molecule has 0 radical (unpaired) electrons. The van der Waals surface area contributed by atoms with Gasteiger partial charge in [-0.2, -0.15) is 8.61 Å². The molecule has 3 rings (SSSR count). The molecule has 0 saturated heterocycles. The van der Waals surface area contributed by atoms with Gasteiger partial charge < -0.3 is 9.84 Å². The molecule has 0 amide bonds. The first-order valence-corrected chi connectivity index (χ1v) is 14.9. The lowest BCUT2D eigenvalue weighted by molar-refractivity contribution is 0.0904. The van der Waals surface area contributed by atoms with Crippen LogP contribution in [-0.2, 0) is 20.0 Å². The number of hydrogen-bond donors (Lipinski definition) is 1. The van der Waals surface area contributed by atoms with E-state index in [1.54, 1.807) is 19.9 Å². The van der Waals surface area contributed by atoms with E-state index >= 15 is 0 Å². The monoisotopic (exact) mass is 567 g/mol. The molecule has 0 aliphatic carbocycles. The number of benzene rings is 2. The van der Waals surface area contributed by atoms with Crippen molar-refractivity contribution in [1.82, 2.24) is 13.5 Å². The summed E-state index contributed by atoms with van der Waals surface area (Å²) < 4.78 is 75.7. The van der Waals surface area contributed by atoms with E-state index in [4.69, 9.17) is 4.74 Å². The van der Waals surface area contributed by atoms with Gasteiger partial charge >= 0.3 is 0 Å². The molecule has 0 fully saturated rings. The maximum atomic E-state index is 13.7. The molecule has 12 heteroatoms. The van der Waals surface area contributed by atoms with Crippen LogP contribution in [-0.4, -0.2) is 95.0 Å². The summed E-state index contributed by atoms with van der Waals surface area (Å²) in [6.07, 6.45) is -0.768. The van der Waals surface area contributed by atoms with Crippen molar-refractivity contribution >= 4 is 20.0 Å². The minimum absolute atomic E-state index is 0.00753. The van der Waals surface area contributed by atoms with Gasteiger partial charge in [-0.25, -0.2) is 21.2 Å². The molecule has 3 atom stereocenters. The third-order valence-electron chi connectivity index (χ3n) is 6.24. The summed E-state index contributed by atoms with van der Waals surface area (Å²) in [5.41, 5.74) is 0.537. The van der Waals surface area contributed by atoms with Crippen LogP contribution in [0.1, 0.15) is 19.4 Å². The number of hydrogen-bond acceptors (Lipinski definition) is 7. The first-order chi connectivity index (χ1) is 17.8. The predicted molar refractivity (Wildman–Crippen MR) is 142 cm³/mol. The minimum Gasteiger partial charge on any atom is -0.487 e. The Morgan fingerprint density at radius 2 is 1.92 bits per heavy atom. The van der Waals surface area contributed by atoms with Crippen LogP contribution in [0.2, 0.25) is 0 Å². The molecule has 208 valence electrons. The van der Waals surface area contributed by atoms with E-state index in [1.807, 2.05) is 19.0 Å². The fourth-order valence-corrected chi connectivity index (χ4v) is 7.02. The molecule has 9 nitrogen and oxygen atoms in total. The molecule has 38 heavy (non-hydrogen) atoms. The van der Waals surface area contributed by atoms with Crippen molar-refractivity contribution in [3.05, 3.63) is 53.8 Å². The summed E-state index contributed by atoms with van der Waals surface area (Å²) in [4.78, 5) is 1.60. The molecule has 1 aliphatic heterocycles. The normalized spacial score (nSPS) is 20.6. The number of ether oxygens (including phenoxy) is 1. The van der Waals surface area contributed by atoms with Crippen LogP contribution in [0.25, 0.3) is 0 Å². The highest BCUT2D eigenvalue weighted by Crippen LogP contribution is 2.34. The summed E-state index contributed by atoms with van der Waals surface area (Å²) in [6, 6.07) is 8.55. The first kappa shape index (κ1) is 30.0. The number of fused-ring (bicyclic) bond motifs is 1. The molecule has 0 bridgehead atoms. The molecule has 1 heterocycles. The zero-order valence-electron chi connectivity index (χ0n) is 22.1. The largest absolute Gasteiger partial charge is 0.487 e. The lowest BCUT2D eigenvalue weighted by Gasteiger charge is -2.37. The van der Waals surface area contributed by atoms with Crippen LogP contribution >= 0.6 is 0 Å². The van der Waals surface area contributed by atoms with Crippen molar-refractivity contribution in [2.24, 2.45) is 5.92 Å². The van der Waals surface area contributed by atoms with Crippen LogP contribution in [0.4, 0.5) is 4.39 Å². The number of aliphatic hydroxyl groups excluding tert-OH is 1. The van der Waals surface area contributed by atoms with Gasteiger partial charge in [0.2, 0.25) is 20.0 Å². The Hall–Kier alpha value is -2.53. The van der Waals surface area contributed by atoms with Crippen LogP contribution in [0.15, 0.2) is 52.3 Å². The molecular formula is C26H34FN3O6S2. The molecule has 1 N–H and O–H groups in total. The quantitative estimate of drug-likeness (QED) is 0.509. The van der Waals surface area contributed by atoms with Crippen molar-refractivity contribution < 1.29 is 31.1 Å². The Morgan fingerprint density at radius 1 is 1.21 bits per heavy atom. The zero-order chi connectivity index (χ0) is 28.3. The number of aliphatic hydroxyl groups is 1. The molecule has 0 aromatic heterocycles. The Kier molecular flexibility index (Phi) is 9.57. The lowest BCUT2D eigenvalue weighted by Crippen LogP contribution is -2.50. The fourth-order valence-electron chi connectivity index (χ4n) is 3.98. The number of halogens is 1. The lowest BCUT2D eigenvalue weighted by atomic mass is 10.0. The Bertz CT molecular complexity index is 1420. The molecular weight excluding hydrogens is 533 g/mol. The van der Waals surface area contributed by atoms with E-state index in [1.165, 1.54) is 35.6 Å². The second-order valence-corrected chi connectivity index (χ2v) is 13.6. The molecule has 1 aliphatic rings. The van der Waals surface area contributed by atoms with Gasteiger partial charge in [0.1, 0.15) is 22.6 Å². The molecule has 2 aromatic carbocycles. The zero-order valence-corrected chi connectivity index (χ0v) is 23.8. The molecule has 0 spiro atoms. The molecule has 0 saturated carbocycles. The summed E-state index contributed by atoms with van der Waals surface area (Å²) in [5, 5.41) is 9.79. The van der Waals surface area contributed by atoms with E-state index in [0.29, 0.717) is 12.1 Å². The van der Waals surface area contributed by atoms with Crippen molar-refractivity contribution in [3.63, 3.8) is 0 Å². The third-order valence-corrected chi connectivity index (χ3v) is 10.1. The summed E-state index contributed by atoms with van der Waals surface area (Å²) >= 11 is 0. The van der Waals surface area contributed by atoms with Crippen LogP contribution in [0.5, 0.6) is 5.75 Å². The Morgan fingerprint density at radius 3 is 2.55 bits per heavy atom. The topological polar surface area (TPSA) is 107 Å². The minimum atomic E-state index is -4.05. The van der Waals surface area contributed by atoms with Gasteiger partial charge in [-0.1, -0.05) is 24.8 Å². The van der Waals surface area contributed by atoms with Crippen molar-refractivity contribution in [2.75, 3.05) is 47.4 Å². The van der Waals surface area contributed by atoms with Crippen molar-refractivity contribution in [2.45, 2.75) is 35.8 Å². The number of likely N-dealkylation sites (N-methyl/N-ethyl adjacent to an activating group) is 1. The van der Waals surface area contributed by atoms with Crippen LogP contribution < -0.4 is 4.74 Å². The number of sulfonamides is 2. The molecule has 2 aromatic rings. The average molecular weight is 568 g/mol. The SMILES string of the molecule is C[C@H]1CN([C@@H](C)CO)S(=O)(=O)c2ccc(C#CCN(C)C)cc2O[C@@H]1CN(C)S(=O)(=O)c1cccc(F)c1. The van der Waals surface area contributed by atoms with Gasteiger partial charge in [-0.15, -0.1) is 0 Å². The number of nitrogens with zero attached hydrogens (tertiary/aromatic N) is 3. The van der Waals surface area contributed by atoms with E-state index in [2.05, 4.69) is 11.8 Å². The van der Waals surface area contributed by atoms with Gasteiger partial charge in [0, 0.05) is 31.1 Å². The second-order valence-electron chi connectivity index (χ2n) is 9.68. The van der Waals surface area contributed by atoms with Crippen LogP contribution in [0, 0.1) is 23.6 Å². The summed E-state index contributed by atoms with van der Waals surface area (Å²) in [7, 11) is -2.98. The number of rotatable bonds is 7. The second kappa shape index (κ2) is 12.1. The Balaban J connectivity index is 2.05. The highest BCUT2D eigenvalue weighted by Gasteiger charge is 2.39. The highest BCUT2D eigenvalue weighted by molar-refractivity contribution is 7.89. The van der Waals surface area contributed by atoms with Crippen molar-refractivity contribution in [1.29, 1.82) is 0 Å². The van der Waals surface area contributed by atoms with E-state index in [0.717, 1.165) is 16.4 Å². The highest BCUT2D eigenvalue weighted by atomic mass is 32.2. The van der Waals surface area contributed by atoms with E-state index in [-0.39, 0.29) is 28.6 Å².